The first-order valence-electron chi connectivity index (χ1n) is 10.7. The molecule has 0 unspecified atom stereocenters. The van der Waals surface area contributed by atoms with Crippen LogP contribution in [0.25, 0.3) is 20.9 Å². The van der Waals surface area contributed by atoms with Gasteiger partial charge in [-0.3, -0.25) is 4.79 Å². The van der Waals surface area contributed by atoms with Gasteiger partial charge in [0.2, 0.25) is 5.91 Å². The molecule has 4 nitrogen and oxygen atoms in total. The van der Waals surface area contributed by atoms with Gasteiger partial charge in [0.25, 0.3) is 0 Å². The van der Waals surface area contributed by atoms with Crippen LogP contribution in [0.4, 0.5) is 5.69 Å². The summed E-state index contributed by atoms with van der Waals surface area (Å²) in [7, 11) is 0. The molecule has 0 saturated heterocycles. The standard InChI is InChI=1S/C24H25N3OS/c1-14-4-5-18(21-26-19-3-2-6-25-22(19)29-21)10-20(14)27-23(28)24-11-15-7-16(12-24)9-17(8-15)13-24/h2-6,10,15-17H,7-9,11-13H2,1H3,(H,27,28). The summed E-state index contributed by atoms with van der Waals surface area (Å²) in [5, 5.41) is 4.28. The van der Waals surface area contributed by atoms with Gasteiger partial charge in [0.15, 0.2) is 0 Å². The monoisotopic (exact) mass is 403 g/mol. The van der Waals surface area contributed by atoms with Crippen LogP contribution in [0, 0.1) is 30.1 Å². The lowest BCUT2D eigenvalue weighted by Crippen LogP contribution is -2.51. The minimum Gasteiger partial charge on any atom is -0.325 e. The number of fused-ring (bicyclic) bond motifs is 1. The molecular weight excluding hydrogens is 378 g/mol. The molecule has 1 aromatic carbocycles. The number of pyridine rings is 1. The lowest BCUT2D eigenvalue weighted by molar-refractivity contribution is -0.140. The number of amides is 1. The summed E-state index contributed by atoms with van der Waals surface area (Å²) in [5.74, 6) is 2.57. The van der Waals surface area contributed by atoms with Crippen LogP contribution in [0.15, 0.2) is 36.5 Å². The fourth-order valence-electron chi connectivity index (χ4n) is 6.43. The zero-order valence-corrected chi connectivity index (χ0v) is 17.5. The summed E-state index contributed by atoms with van der Waals surface area (Å²) in [4.78, 5) is 23.6. The molecule has 7 rings (SSSR count). The molecule has 1 N–H and O–H groups in total. The molecule has 4 aliphatic carbocycles. The van der Waals surface area contributed by atoms with Crippen LogP contribution in [0.2, 0.25) is 0 Å². The van der Waals surface area contributed by atoms with Crippen LogP contribution in [0.5, 0.6) is 0 Å². The van der Waals surface area contributed by atoms with Crippen molar-refractivity contribution in [2.75, 3.05) is 5.32 Å². The van der Waals surface area contributed by atoms with Crippen LogP contribution in [-0.2, 0) is 4.79 Å². The molecule has 1 amide bonds. The second kappa shape index (κ2) is 6.36. The summed E-state index contributed by atoms with van der Waals surface area (Å²) in [6.07, 6.45) is 9.13. The van der Waals surface area contributed by atoms with Gasteiger partial charge in [0.1, 0.15) is 15.4 Å². The molecule has 4 aliphatic rings. The maximum atomic E-state index is 13.5. The normalized spacial score (nSPS) is 30.0. The van der Waals surface area contributed by atoms with Gasteiger partial charge in [0, 0.05) is 17.4 Å². The van der Waals surface area contributed by atoms with Crippen molar-refractivity contribution in [1.29, 1.82) is 0 Å². The lowest BCUT2D eigenvalue weighted by Gasteiger charge is -2.55. The van der Waals surface area contributed by atoms with E-state index in [1.165, 1.54) is 19.3 Å². The number of hydrogen-bond donors (Lipinski definition) is 1. The Morgan fingerprint density at radius 1 is 1.10 bits per heavy atom. The molecule has 4 bridgehead atoms. The molecule has 2 aromatic heterocycles. The predicted octanol–water partition coefficient (Wildman–Crippen LogP) is 5.82. The van der Waals surface area contributed by atoms with Gasteiger partial charge in [-0.1, -0.05) is 23.5 Å². The van der Waals surface area contributed by atoms with E-state index in [1.807, 2.05) is 12.1 Å². The number of nitrogens with zero attached hydrogens (tertiary/aromatic N) is 2. The number of hydrogen-bond acceptors (Lipinski definition) is 4. The molecule has 2 heterocycles. The third-order valence-corrected chi connectivity index (χ3v) is 8.45. The number of carbonyl (C=O) groups is 1. The van der Waals surface area contributed by atoms with E-state index in [0.717, 1.165) is 69.2 Å². The Labute approximate surface area is 174 Å². The highest BCUT2D eigenvalue weighted by molar-refractivity contribution is 7.21. The molecule has 0 atom stereocenters. The van der Waals surface area contributed by atoms with Crippen molar-refractivity contribution < 1.29 is 4.79 Å². The molecule has 5 heteroatoms. The second-order valence-electron chi connectivity index (χ2n) is 9.53. The largest absolute Gasteiger partial charge is 0.325 e. The molecule has 4 fully saturated rings. The average molecular weight is 404 g/mol. The number of carbonyl (C=O) groups excluding carboxylic acids is 1. The molecular formula is C24H25N3OS. The maximum Gasteiger partial charge on any atom is 0.230 e. The Bertz CT molecular complexity index is 1050. The van der Waals surface area contributed by atoms with Gasteiger partial charge in [-0.15, -0.1) is 0 Å². The number of thiazole rings is 1. The number of aromatic nitrogens is 2. The third-order valence-electron chi connectivity index (χ3n) is 7.42. The highest BCUT2D eigenvalue weighted by Gasteiger charge is 2.54. The molecule has 0 radical (unpaired) electrons. The number of rotatable bonds is 3. The Morgan fingerprint density at radius 3 is 2.52 bits per heavy atom. The topological polar surface area (TPSA) is 54.9 Å². The molecule has 3 aromatic rings. The highest BCUT2D eigenvalue weighted by atomic mass is 32.1. The summed E-state index contributed by atoms with van der Waals surface area (Å²) in [6.45, 7) is 2.07. The molecule has 4 saturated carbocycles. The van der Waals surface area contributed by atoms with E-state index in [9.17, 15) is 4.79 Å². The van der Waals surface area contributed by atoms with Crippen LogP contribution >= 0.6 is 11.3 Å². The van der Waals surface area contributed by atoms with Gasteiger partial charge < -0.3 is 5.32 Å². The maximum absolute atomic E-state index is 13.5. The van der Waals surface area contributed by atoms with E-state index in [0.29, 0.717) is 0 Å². The first-order chi connectivity index (χ1) is 14.1. The van der Waals surface area contributed by atoms with Crippen molar-refractivity contribution in [3.05, 3.63) is 42.1 Å². The van der Waals surface area contributed by atoms with Gasteiger partial charge >= 0.3 is 0 Å². The van der Waals surface area contributed by atoms with Crippen molar-refractivity contribution in [2.45, 2.75) is 45.4 Å². The Kier molecular flexibility index (Phi) is 3.86. The quantitative estimate of drug-likeness (QED) is 0.599. The first kappa shape index (κ1) is 17.6. The fraction of sp³-hybridized carbons (Fsp3) is 0.458. The summed E-state index contributed by atoms with van der Waals surface area (Å²) in [6, 6.07) is 10.2. The number of benzene rings is 1. The van der Waals surface area contributed by atoms with E-state index in [-0.39, 0.29) is 11.3 Å². The lowest BCUT2D eigenvalue weighted by atomic mass is 9.49. The van der Waals surface area contributed by atoms with Gasteiger partial charge in [-0.25, -0.2) is 9.97 Å². The van der Waals surface area contributed by atoms with Crippen molar-refractivity contribution in [3.63, 3.8) is 0 Å². The second-order valence-corrected chi connectivity index (χ2v) is 10.5. The van der Waals surface area contributed by atoms with E-state index in [4.69, 9.17) is 4.98 Å². The molecule has 29 heavy (non-hydrogen) atoms. The molecule has 148 valence electrons. The SMILES string of the molecule is Cc1ccc(-c2nc3cccnc3s2)cc1NC(=O)C12CC3CC(CC(C3)C1)C2. The van der Waals surface area contributed by atoms with Crippen molar-refractivity contribution in [1.82, 2.24) is 9.97 Å². The summed E-state index contributed by atoms with van der Waals surface area (Å²) >= 11 is 1.60. The third kappa shape index (κ3) is 2.90. The van der Waals surface area contributed by atoms with E-state index < -0.39 is 0 Å². The van der Waals surface area contributed by atoms with Crippen LogP contribution < -0.4 is 5.32 Å². The van der Waals surface area contributed by atoms with E-state index in [1.54, 1.807) is 17.5 Å². The van der Waals surface area contributed by atoms with Gasteiger partial charge in [-0.2, -0.15) is 0 Å². The van der Waals surface area contributed by atoms with Crippen molar-refractivity contribution >= 4 is 33.3 Å². The van der Waals surface area contributed by atoms with Crippen LogP contribution in [0.1, 0.15) is 44.1 Å². The zero-order chi connectivity index (χ0) is 19.6. The summed E-state index contributed by atoms with van der Waals surface area (Å²) < 4.78 is 0. The fourth-order valence-corrected chi connectivity index (χ4v) is 7.33. The highest BCUT2D eigenvalue weighted by Crippen LogP contribution is 2.60. The Morgan fingerprint density at radius 2 is 1.83 bits per heavy atom. The van der Waals surface area contributed by atoms with E-state index >= 15 is 0 Å². The van der Waals surface area contributed by atoms with Crippen LogP contribution in [0.3, 0.4) is 0 Å². The van der Waals surface area contributed by atoms with Crippen LogP contribution in [-0.4, -0.2) is 15.9 Å². The Balaban J connectivity index is 1.30. The Hall–Kier alpha value is -2.27. The minimum atomic E-state index is -0.128. The smallest absolute Gasteiger partial charge is 0.230 e. The summed E-state index contributed by atoms with van der Waals surface area (Å²) in [5.41, 5.74) is 3.87. The van der Waals surface area contributed by atoms with Gasteiger partial charge in [0.05, 0.1) is 5.41 Å². The molecule has 0 spiro atoms. The van der Waals surface area contributed by atoms with Gasteiger partial charge in [-0.05, 0) is 87.0 Å². The number of anilines is 1. The minimum absolute atomic E-state index is 0.128. The number of nitrogens with one attached hydrogen (secondary N) is 1. The number of aryl methyl sites for hydroxylation is 1. The zero-order valence-electron chi connectivity index (χ0n) is 16.6. The molecule has 0 aliphatic heterocycles. The predicted molar refractivity (Wildman–Crippen MR) is 117 cm³/mol. The van der Waals surface area contributed by atoms with Crippen molar-refractivity contribution in [2.24, 2.45) is 23.2 Å². The van der Waals surface area contributed by atoms with E-state index in [2.05, 4.69) is 35.4 Å². The average Bonchev–Trinajstić information content (AvgIpc) is 3.13. The first-order valence-corrected chi connectivity index (χ1v) is 11.5. The van der Waals surface area contributed by atoms with Crippen molar-refractivity contribution in [3.8, 4) is 10.6 Å².